The summed E-state index contributed by atoms with van der Waals surface area (Å²) >= 11 is 0. The number of hydroxylamine groups is 2. The average molecular weight is 438 g/mol. The molecule has 2 bridgehead atoms. The Morgan fingerprint density at radius 1 is 0.867 bits per heavy atom. The van der Waals surface area contributed by atoms with E-state index in [1.807, 2.05) is 6.92 Å². The van der Waals surface area contributed by atoms with Gasteiger partial charge in [0.15, 0.2) is 6.29 Å². The molecule has 176 valence electrons. The molecule has 30 heavy (non-hydrogen) atoms. The lowest BCUT2D eigenvalue weighted by molar-refractivity contribution is -0.229. The van der Waals surface area contributed by atoms with Crippen molar-refractivity contribution in [1.82, 2.24) is 11.0 Å². The van der Waals surface area contributed by atoms with Crippen LogP contribution in [0.4, 0.5) is 0 Å². The van der Waals surface area contributed by atoms with Crippen LogP contribution in [0.3, 0.4) is 0 Å². The summed E-state index contributed by atoms with van der Waals surface area (Å²) in [5, 5.41) is 40.7. The summed E-state index contributed by atoms with van der Waals surface area (Å²) in [4.78, 5) is 10.4. The van der Waals surface area contributed by atoms with Crippen molar-refractivity contribution in [3.63, 3.8) is 0 Å². The third kappa shape index (κ3) is 5.28. The lowest BCUT2D eigenvalue weighted by Crippen LogP contribution is -2.64. The molecule has 3 aliphatic heterocycles. The molecule has 3 heterocycles. The quantitative estimate of drug-likeness (QED) is 0.182. The maximum Gasteiger partial charge on any atom is 0.178 e. The van der Waals surface area contributed by atoms with Gasteiger partial charge in [0, 0.05) is 5.92 Å². The molecule has 0 radical (unpaired) electrons. The summed E-state index contributed by atoms with van der Waals surface area (Å²) < 4.78 is 22.9. The van der Waals surface area contributed by atoms with E-state index in [2.05, 4.69) is 11.0 Å². The summed E-state index contributed by atoms with van der Waals surface area (Å²) in [5.41, 5.74) is 5.46. The Bertz CT molecular complexity index is 517. The highest BCUT2D eigenvalue weighted by atomic mass is 16.7. The molecule has 0 aromatic carbocycles. The van der Waals surface area contributed by atoms with Gasteiger partial charge in [-0.15, -0.1) is 0 Å². The molecule has 3 fully saturated rings. The van der Waals surface area contributed by atoms with E-state index in [1.54, 1.807) is 6.92 Å². The smallest absolute Gasteiger partial charge is 0.178 e. The molecular formula is C18H34N2O10. The minimum absolute atomic E-state index is 0.0365. The summed E-state index contributed by atoms with van der Waals surface area (Å²) in [6.07, 6.45) is -5.84. The van der Waals surface area contributed by atoms with Gasteiger partial charge in [0.1, 0.15) is 30.5 Å². The van der Waals surface area contributed by atoms with Gasteiger partial charge in [-0.3, -0.25) is 0 Å². The summed E-state index contributed by atoms with van der Waals surface area (Å²) in [6.45, 7) is 4.44. The van der Waals surface area contributed by atoms with E-state index in [-0.39, 0.29) is 25.2 Å². The minimum Gasteiger partial charge on any atom is -0.394 e. The lowest BCUT2D eigenvalue weighted by Gasteiger charge is -2.42. The fourth-order valence-corrected chi connectivity index (χ4v) is 3.99. The van der Waals surface area contributed by atoms with Gasteiger partial charge in [0.05, 0.1) is 57.9 Å². The zero-order chi connectivity index (χ0) is 21.7. The van der Waals surface area contributed by atoms with Crippen LogP contribution in [0.2, 0.25) is 0 Å². The fourth-order valence-electron chi connectivity index (χ4n) is 3.99. The molecule has 10 unspecified atom stereocenters. The Balaban J connectivity index is 1.57. The molecule has 0 aliphatic carbocycles. The van der Waals surface area contributed by atoms with Crippen molar-refractivity contribution in [3.8, 4) is 0 Å². The second-order valence-corrected chi connectivity index (χ2v) is 7.60. The molecule has 6 N–H and O–H groups in total. The van der Waals surface area contributed by atoms with E-state index in [4.69, 9.17) is 28.6 Å². The van der Waals surface area contributed by atoms with Crippen LogP contribution in [-0.4, -0.2) is 115 Å². The second-order valence-electron chi connectivity index (χ2n) is 7.60. The monoisotopic (exact) mass is 438 g/mol. The zero-order valence-corrected chi connectivity index (χ0v) is 17.3. The molecule has 3 rings (SSSR count). The van der Waals surface area contributed by atoms with Crippen molar-refractivity contribution in [2.24, 2.45) is 5.92 Å². The summed E-state index contributed by atoms with van der Waals surface area (Å²) in [5.74, 6) is -0.368. The second kappa shape index (κ2) is 11.4. The maximum atomic E-state index is 10.7. The number of aliphatic hydroxyl groups excluding tert-OH is 4. The van der Waals surface area contributed by atoms with Crippen molar-refractivity contribution < 1.29 is 49.0 Å². The van der Waals surface area contributed by atoms with Gasteiger partial charge in [0.25, 0.3) is 0 Å². The number of fused-ring (bicyclic) bond motifs is 2. The number of ether oxygens (including phenoxy) is 4. The highest BCUT2D eigenvalue weighted by Gasteiger charge is 2.51. The van der Waals surface area contributed by atoms with Gasteiger partial charge in [-0.2, -0.15) is 11.0 Å². The standard InChI is InChI=1S/C18H34N2O10/c1-3-27-19-13-12(29-10(5-21)16(23)17(13)24)7-25-6-9-11-8-26-18(30-11)14(15(9)22)20-28-4-2/h9-24H,3-8H2,1-2H3. The van der Waals surface area contributed by atoms with Gasteiger partial charge in [-0.1, -0.05) is 0 Å². The van der Waals surface area contributed by atoms with Crippen molar-refractivity contribution in [3.05, 3.63) is 0 Å². The van der Waals surface area contributed by atoms with Gasteiger partial charge >= 0.3 is 0 Å². The van der Waals surface area contributed by atoms with E-state index < -0.39 is 55.5 Å². The summed E-state index contributed by atoms with van der Waals surface area (Å²) in [6, 6.07) is -1.31. The van der Waals surface area contributed by atoms with E-state index in [0.717, 1.165) is 0 Å². The van der Waals surface area contributed by atoms with E-state index in [9.17, 15) is 20.4 Å². The third-order valence-electron chi connectivity index (χ3n) is 5.66. The van der Waals surface area contributed by atoms with Gasteiger partial charge in [0.2, 0.25) is 0 Å². The minimum atomic E-state index is -1.27. The molecule has 12 heteroatoms. The maximum absolute atomic E-state index is 10.7. The number of rotatable bonds is 11. The highest BCUT2D eigenvalue weighted by Crippen LogP contribution is 2.33. The largest absolute Gasteiger partial charge is 0.394 e. The van der Waals surface area contributed by atoms with Crippen LogP contribution in [0, 0.1) is 5.92 Å². The molecule has 0 aromatic heterocycles. The van der Waals surface area contributed by atoms with E-state index in [0.29, 0.717) is 19.8 Å². The van der Waals surface area contributed by atoms with Crippen LogP contribution in [0.1, 0.15) is 13.8 Å². The lowest BCUT2D eigenvalue weighted by atomic mass is 9.90. The summed E-state index contributed by atoms with van der Waals surface area (Å²) in [7, 11) is 0. The van der Waals surface area contributed by atoms with Gasteiger partial charge < -0.3 is 49.0 Å². The molecule has 3 aliphatic rings. The Morgan fingerprint density at radius 2 is 1.57 bits per heavy atom. The number of hydrogen-bond donors (Lipinski definition) is 6. The fraction of sp³-hybridized carbons (Fsp3) is 1.00. The molecule has 10 atom stereocenters. The molecule has 0 amide bonds. The predicted molar refractivity (Wildman–Crippen MR) is 99.8 cm³/mol. The van der Waals surface area contributed by atoms with Crippen molar-refractivity contribution in [1.29, 1.82) is 0 Å². The Hall–Kier alpha value is -0.480. The SMILES string of the molecule is CCONC1C(COCC2C3COC(O3)C(NOCC)C2O)OC(CO)C(O)C1O. The zero-order valence-electron chi connectivity index (χ0n) is 17.3. The van der Waals surface area contributed by atoms with Crippen molar-refractivity contribution >= 4 is 0 Å². The van der Waals surface area contributed by atoms with Crippen LogP contribution in [-0.2, 0) is 28.6 Å². The Morgan fingerprint density at radius 3 is 2.23 bits per heavy atom. The van der Waals surface area contributed by atoms with Crippen LogP contribution in [0.15, 0.2) is 0 Å². The van der Waals surface area contributed by atoms with E-state index >= 15 is 0 Å². The van der Waals surface area contributed by atoms with Crippen LogP contribution in [0.5, 0.6) is 0 Å². The molecule has 3 saturated heterocycles. The highest BCUT2D eigenvalue weighted by molar-refractivity contribution is 4.97. The van der Waals surface area contributed by atoms with E-state index in [1.165, 1.54) is 0 Å². The third-order valence-corrected chi connectivity index (χ3v) is 5.66. The number of aliphatic hydroxyl groups is 4. The molecule has 0 saturated carbocycles. The first kappa shape index (κ1) is 24.2. The van der Waals surface area contributed by atoms with Gasteiger partial charge in [-0.05, 0) is 13.8 Å². The predicted octanol–water partition coefficient (Wildman–Crippen LogP) is -2.96. The average Bonchev–Trinajstić information content (AvgIpc) is 3.18. The topological polar surface area (TPSA) is 160 Å². The van der Waals surface area contributed by atoms with Crippen LogP contribution < -0.4 is 11.0 Å². The van der Waals surface area contributed by atoms with Crippen LogP contribution >= 0.6 is 0 Å². The molecule has 12 nitrogen and oxygen atoms in total. The molecular weight excluding hydrogens is 404 g/mol. The first-order valence-electron chi connectivity index (χ1n) is 10.4. The van der Waals surface area contributed by atoms with Gasteiger partial charge in [-0.25, -0.2) is 0 Å². The first-order chi connectivity index (χ1) is 14.5. The Labute approximate surface area is 175 Å². The normalized spacial score (nSPS) is 43.8. The number of hydrogen-bond acceptors (Lipinski definition) is 12. The Kier molecular flexibility index (Phi) is 9.19. The van der Waals surface area contributed by atoms with Crippen molar-refractivity contribution in [2.45, 2.75) is 68.8 Å². The number of nitrogens with one attached hydrogen (secondary N) is 2. The molecule has 0 spiro atoms. The van der Waals surface area contributed by atoms with Crippen LogP contribution in [0.25, 0.3) is 0 Å². The first-order valence-corrected chi connectivity index (χ1v) is 10.4. The van der Waals surface area contributed by atoms with Crippen molar-refractivity contribution in [2.75, 3.05) is 39.6 Å². The molecule has 0 aromatic rings.